The molecule has 1 fully saturated rings. The summed E-state index contributed by atoms with van der Waals surface area (Å²) in [6.45, 7) is 4.59. The summed E-state index contributed by atoms with van der Waals surface area (Å²) in [7, 11) is 0. The molecule has 2 aromatic heterocycles. The Morgan fingerprint density at radius 1 is 1.03 bits per heavy atom. The van der Waals surface area contributed by atoms with Gasteiger partial charge in [-0.05, 0) is 61.7 Å². The molecule has 0 atom stereocenters. The topological polar surface area (TPSA) is 61.0 Å². The largest absolute Gasteiger partial charge is 0.493 e. The number of thiophene rings is 2. The molecule has 0 saturated carbocycles. The van der Waals surface area contributed by atoms with Crippen molar-refractivity contribution in [2.24, 2.45) is 10.2 Å². The number of hydrogen-bond donors (Lipinski definition) is 0. The predicted molar refractivity (Wildman–Crippen MR) is 152 cm³/mol. The third kappa shape index (κ3) is 5.93. The molecule has 0 spiro atoms. The Kier molecular flexibility index (Phi) is 8.11. The lowest BCUT2D eigenvalue weighted by molar-refractivity contribution is 0.306. The number of hydrogen-bond acceptors (Lipinski definition) is 7. The summed E-state index contributed by atoms with van der Waals surface area (Å²) in [5.74, 6) is -1.52. The fraction of sp³-hybridized carbons (Fsp3) is 0.276. The van der Waals surface area contributed by atoms with E-state index < -0.39 is 11.6 Å². The maximum atomic E-state index is 14.8. The molecule has 0 aliphatic carbocycles. The molecular weight excluding hydrogens is 522 g/mol. The van der Waals surface area contributed by atoms with E-state index in [0.717, 1.165) is 63.0 Å². The Labute approximate surface area is 228 Å². The molecule has 0 unspecified atom stereocenters. The van der Waals surface area contributed by atoms with Crippen LogP contribution in [0.15, 0.2) is 58.8 Å². The van der Waals surface area contributed by atoms with Crippen molar-refractivity contribution in [3.63, 3.8) is 0 Å². The molecular formula is C29H26F2N4OS2. The zero-order valence-electron chi connectivity index (χ0n) is 20.9. The number of allylic oxidation sites excluding steroid dienone is 1. The molecule has 0 bridgehead atoms. The molecule has 4 aromatic rings. The van der Waals surface area contributed by atoms with Gasteiger partial charge in [0.2, 0.25) is 0 Å². The van der Waals surface area contributed by atoms with Gasteiger partial charge in [0, 0.05) is 45.2 Å². The third-order valence-electron chi connectivity index (χ3n) is 6.26. The average molecular weight is 549 g/mol. The minimum atomic E-state index is -0.821. The van der Waals surface area contributed by atoms with Crippen LogP contribution in [-0.4, -0.2) is 19.7 Å². The van der Waals surface area contributed by atoms with Gasteiger partial charge in [-0.25, -0.2) is 8.78 Å². The minimum Gasteiger partial charge on any atom is -0.493 e. The molecule has 3 heterocycles. The molecule has 1 aliphatic rings. The highest BCUT2D eigenvalue weighted by Crippen LogP contribution is 2.40. The molecule has 2 aromatic carbocycles. The molecule has 9 heteroatoms. The van der Waals surface area contributed by atoms with Gasteiger partial charge in [0.05, 0.1) is 23.4 Å². The summed E-state index contributed by atoms with van der Waals surface area (Å²) in [5.41, 5.74) is 1.58. The first kappa shape index (κ1) is 26.0. The van der Waals surface area contributed by atoms with E-state index in [0.29, 0.717) is 6.61 Å². The van der Waals surface area contributed by atoms with Crippen LogP contribution in [0, 0.1) is 23.0 Å². The molecule has 0 N–H and O–H groups in total. The summed E-state index contributed by atoms with van der Waals surface area (Å²) in [6.07, 6.45) is 5.70. The molecule has 5 nitrogen and oxygen atoms in total. The second-order valence-electron chi connectivity index (χ2n) is 9.01. The summed E-state index contributed by atoms with van der Waals surface area (Å²) >= 11 is 2.90. The van der Waals surface area contributed by atoms with Crippen LogP contribution in [0.3, 0.4) is 0 Å². The van der Waals surface area contributed by atoms with Crippen LogP contribution in [-0.2, 0) is 0 Å². The molecule has 0 amide bonds. The van der Waals surface area contributed by atoms with Gasteiger partial charge >= 0.3 is 0 Å². The molecule has 5 rings (SSSR count). The highest BCUT2D eigenvalue weighted by Gasteiger charge is 2.17. The van der Waals surface area contributed by atoms with Gasteiger partial charge in [-0.1, -0.05) is 13.3 Å². The van der Waals surface area contributed by atoms with Gasteiger partial charge < -0.3 is 9.64 Å². The zero-order valence-corrected chi connectivity index (χ0v) is 22.5. The lowest BCUT2D eigenvalue weighted by atomic mass is 10.0. The van der Waals surface area contributed by atoms with Crippen molar-refractivity contribution < 1.29 is 13.5 Å². The SMILES string of the molecule is CCCCOc1cc(F)c(/C(C#N)=C/c2cc3sc(/N=N/c4ccc(N5CCCC5)cc4)cc3s2)c(F)c1. The van der Waals surface area contributed by atoms with E-state index in [9.17, 15) is 14.0 Å². The standard InChI is InChI=1S/C29H26F2N4OS2/c1-2-3-12-36-22-14-24(30)29(25(31)15-22)19(18-32)13-23-16-26-27(37-23)17-28(38-26)34-33-20-6-8-21(9-7-20)35-10-4-5-11-35/h6-9,13-17H,2-5,10-12H2,1H3/b19-13+,34-33+. The number of fused-ring (bicyclic) bond motifs is 1. The lowest BCUT2D eigenvalue weighted by Gasteiger charge is -2.17. The van der Waals surface area contributed by atoms with Crippen molar-refractivity contribution in [3.8, 4) is 11.8 Å². The Balaban J connectivity index is 1.31. The van der Waals surface area contributed by atoms with E-state index in [1.807, 2.05) is 37.3 Å². The maximum absolute atomic E-state index is 14.8. The Morgan fingerprint density at radius 2 is 1.74 bits per heavy atom. The highest BCUT2D eigenvalue weighted by atomic mass is 32.1. The van der Waals surface area contributed by atoms with E-state index in [1.165, 1.54) is 47.3 Å². The number of unbranched alkanes of at least 4 members (excludes halogenated alkanes) is 1. The van der Waals surface area contributed by atoms with Crippen LogP contribution < -0.4 is 9.64 Å². The first-order valence-electron chi connectivity index (χ1n) is 12.6. The normalized spacial score (nSPS) is 14.1. The van der Waals surface area contributed by atoms with Gasteiger partial charge in [0.15, 0.2) is 0 Å². The number of ether oxygens (including phenoxy) is 1. The van der Waals surface area contributed by atoms with Gasteiger partial charge in [-0.2, -0.15) is 5.26 Å². The van der Waals surface area contributed by atoms with E-state index >= 15 is 0 Å². The van der Waals surface area contributed by atoms with Crippen LogP contribution in [0.25, 0.3) is 21.0 Å². The number of rotatable bonds is 9. The zero-order chi connectivity index (χ0) is 26.5. The number of halogens is 2. The van der Waals surface area contributed by atoms with Crippen LogP contribution >= 0.6 is 22.7 Å². The van der Waals surface area contributed by atoms with Gasteiger partial charge in [0.1, 0.15) is 28.5 Å². The maximum Gasteiger partial charge on any atom is 0.140 e. The number of nitrogens with zero attached hydrogens (tertiary/aromatic N) is 4. The van der Waals surface area contributed by atoms with Crippen molar-refractivity contribution >= 4 is 60.1 Å². The number of benzene rings is 2. The molecule has 1 aliphatic heterocycles. The third-order valence-corrected chi connectivity index (χ3v) is 8.38. The summed E-state index contributed by atoms with van der Waals surface area (Å²) in [4.78, 5) is 3.10. The Hall–Kier alpha value is -3.61. The van der Waals surface area contributed by atoms with Crippen molar-refractivity contribution in [2.45, 2.75) is 32.6 Å². The summed E-state index contributed by atoms with van der Waals surface area (Å²) in [6, 6.07) is 16.1. The van der Waals surface area contributed by atoms with E-state index in [-0.39, 0.29) is 16.9 Å². The predicted octanol–water partition coefficient (Wildman–Crippen LogP) is 9.50. The first-order valence-corrected chi connectivity index (χ1v) is 14.2. The quantitative estimate of drug-likeness (QED) is 0.119. The first-order chi connectivity index (χ1) is 18.5. The van der Waals surface area contributed by atoms with E-state index in [1.54, 1.807) is 0 Å². The van der Waals surface area contributed by atoms with Crippen molar-refractivity contribution in [2.75, 3.05) is 24.6 Å². The lowest BCUT2D eigenvalue weighted by Crippen LogP contribution is -2.17. The van der Waals surface area contributed by atoms with Crippen molar-refractivity contribution in [1.29, 1.82) is 5.26 Å². The Morgan fingerprint density at radius 3 is 2.39 bits per heavy atom. The van der Waals surface area contributed by atoms with E-state index in [4.69, 9.17) is 4.74 Å². The van der Waals surface area contributed by atoms with Crippen LogP contribution in [0.5, 0.6) is 5.75 Å². The highest BCUT2D eigenvalue weighted by molar-refractivity contribution is 7.30. The smallest absolute Gasteiger partial charge is 0.140 e. The van der Waals surface area contributed by atoms with Crippen molar-refractivity contribution in [1.82, 2.24) is 0 Å². The molecule has 1 saturated heterocycles. The van der Waals surface area contributed by atoms with Crippen LogP contribution in [0.1, 0.15) is 43.0 Å². The Bertz CT molecular complexity index is 1470. The fourth-order valence-electron chi connectivity index (χ4n) is 4.30. The summed E-state index contributed by atoms with van der Waals surface area (Å²) in [5, 5.41) is 19.2. The fourth-order valence-corrected chi connectivity index (χ4v) is 6.47. The van der Waals surface area contributed by atoms with Crippen LogP contribution in [0.2, 0.25) is 0 Å². The number of nitriles is 1. The monoisotopic (exact) mass is 548 g/mol. The summed E-state index contributed by atoms with van der Waals surface area (Å²) < 4.78 is 36.9. The minimum absolute atomic E-state index is 0.0775. The molecule has 194 valence electrons. The molecule has 38 heavy (non-hydrogen) atoms. The average Bonchev–Trinajstić information content (AvgIpc) is 3.64. The van der Waals surface area contributed by atoms with E-state index in [2.05, 4.69) is 27.3 Å². The molecule has 0 radical (unpaired) electrons. The van der Waals surface area contributed by atoms with Gasteiger partial charge in [-0.3, -0.25) is 0 Å². The second-order valence-corrected chi connectivity index (χ2v) is 11.2. The van der Waals surface area contributed by atoms with Crippen LogP contribution in [0.4, 0.5) is 25.2 Å². The van der Waals surface area contributed by atoms with Gasteiger partial charge in [0.25, 0.3) is 0 Å². The number of azo groups is 1. The van der Waals surface area contributed by atoms with Crippen molar-refractivity contribution in [3.05, 3.63) is 70.6 Å². The van der Waals surface area contributed by atoms with Gasteiger partial charge in [-0.15, -0.1) is 32.9 Å². The second kappa shape index (κ2) is 11.8. The number of anilines is 1.